The van der Waals surface area contributed by atoms with Crippen molar-refractivity contribution in [3.8, 4) is 5.95 Å². The molecule has 0 saturated carbocycles. The van der Waals surface area contributed by atoms with Crippen LogP contribution in [0.15, 0.2) is 12.3 Å². The molecule has 0 spiro atoms. The van der Waals surface area contributed by atoms with E-state index in [9.17, 15) is 0 Å². The largest absolute Gasteiger partial charge is 0.398 e. The van der Waals surface area contributed by atoms with Crippen LogP contribution in [0.2, 0.25) is 0 Å². The number of nitrogens with zero attached hydrogens (tertiary/aromatic N) is 7. The number of hydrogen-bond acceptors (Lipinski definition) is 6. The molecule has 3 heterocycles. The van der Waals surface area contributed by atoms with Gasteiger partial charge in [0, 0.05) is 18.9 Å². The number of nitrogen functional groups attached to an aromatic ring is 1. The van der Waals surface area contributed by atoms with Gasteiger partial charge in [-0.3, -0.25) is 0 Å². The Hall–Kier alpha value is -2.51. The van der Waals surface area contributed by atoms with E-state index in [0.29, 0.717) is 17.3 Å². The van der Waals surface area contributed by atoms with Gasteiger partial charge in [0.15, 0.2) is 5.65 Å². The average molecular weight is 230 g/mol. The molecule has 0 aliphatic carbocycles. The molecule has 8 nitrogen and oxygen atoms in total. The number of aryl methyl sites for hydroxylation is 2. The van der Waals surface area contributed by atoms with Crippen molar-refractivity contribution in [2.45, 2.75) is 6.92 Å². The van der Waals surface area contributed by atoms with E-state index in [-0.39, 0.29) is 0 Å². The van der Waals surface area contributed by atoms with Crippen LogP contribution in [-0.4, -0.2) is 35.0 Å². The molecule has 0 saturated heterocycles. The lowest BCUT2D eigenvalue weighted by Gasteiger charge is -2.00. The molecule has 8 heteroatoms. The number of nitrogens with two attached hydrogens (primary N) is 1. The number of rotatable bonds is 1. The molecule has 3 aromatic rings. The van der Waals surface area contributed by atoms with E-state index in [1.807, 2.05) is 6.92 Å². The minimum absolute atomic E-state index is 0.528. The van der Waals surface area contributed by atoms with Gasteiger partial charge >= 0.3 is 0 Å². The van der Waals surface area contributed by atoms with E-state index in [1.54, 1.807) is 24.0 Å². The fourth-order valence-electron chi connectivity index (χ4n) is 1.79. The second-order valence-corrected chi connectivity index (χ2v) is 3.70. The molecule has 0 aliphatic heterocycles. The fraction of sp³-hybridized carbons (Fsp3) is 0.222. The summed E-state index contributed by atoms with van der Waals surface area (Å²) in [6.45, 7) is 1.90. The first kappa shape index (κ1) is 9.70. The Labute approximate surface area is 96.1 Å². The van der Waals surface area contributed by atoms with Crippen molar-refractivity contribution in [2.24, 2.45) is 7.05 Å². The van der Waals surface area contributed by atoms with E-state index >= 15 is 0 Å². The van der Waals surface area contributed by atoms with Gasteiger partial charge in [0.2, 0.25) is 0 Å². The van der Waals surface area contributed by atoms with Gasteiger partial charge in [-0.1, -0.05) is 5.10 Å². The predicted molar refractivity (Wildman–Crippen MR) is 60.4 cm³/mol. The zero-order valence-corrected chi connectivity index (χ0v) is 9.36. The van der Waals surface area contributed by atoms with Gasteiger partial charge in [-0.2, -0.15) is 4.68 Å². The minimum atomic E-state index is 0.528. The predicted octanol–water partition coefficient (Wildman–Crippen LogP) is -0.165. The van der Waals surface area contributed by atoms with Crippen LogP contribution < -0.4 is 5.73 Å². The Kier molecular flexibility index (Phi) is 1.85. The summed E-state index contributed by atoms with van der Waals surface area (Å²) in [5, 5.41) is 16.4. The molecular formula is C9H10N8. The van der Waals surface area contributed by atoms with Crippen LogP contribution in [-0.2, 0) is 7.05 Å². The van der Waals surface area contributed by atoms with E-state index in [4.69, 9.17) is 5.73 Å². The zero-order valence-electron chi connectivity index (χ0n) is 9.36. The van der Waals surface area contributed by atoms with Crippen molar-refractivity contribution >= 4 is 16.7 Å². The van der Waals surface area contributed by atoms with Gasteiger partial charge in [-0.25, -0.2) is 9.67 Å². The Morgan fingerprint density at radius 3 is 2.82 bits per heavy atom. The monoisotopic (exact) mass is 230 g/mol. The molecule has 0 bridgehead atoms. The number of pyridine rings is 1. The Morgan fingerprint density at radius 2 is 2.18 bits per heavy atom. The van der Waals surface area contributed by atoms with Gasteiger partial charge in [0.25, 0.3) is 5.95 Å². The second kappa shape index (κ2) is 3.24. The molecule has 86 valence electrons. The lowest BCUT2D eigenvalue weighted by molar-refractivity contribution is 0.667. The van der Waals surface area contributed by atoms with Gasteiger partial charge in [-0.15, -0.1) is 5.10 Å². The molecule has 0 aliphatic rings. The molecule has 0 radical (unpaired) electrons. The number of fused-ring (bicyclic) bond motifs is 1. The molecule has 0 fully saturated rings. The highest BCUT2D eigenvalue weighted by Crippen LogP contribution is 2.23. The molecule has 17 heavy (non-hydrogen) atoms. The SMILES string of the molecule is Cc1c2c(N)ccnc2nn1-c1nnnn1C. The van der Waals surface area contributed by atoms with Crippen molar-refractivity contribution in [3.05, 3.63) is 18.0 Å². The number of tetrazole rings is 1. The fourth-order valence-corrected chi connectivity index (χ4v) is 1.79. The third-order valence-corrected chi connectivity index (χ3v) is 2.62. The van der Waals surface area contributed by atoms with Gasteiger partial charge in [0.1, 0.15) is 0 Å². The van der Waals surface area contributed by atoms with Gasteiger partial charge in [-0.05, 0) is 23.4 Å². The quantitative estimate of drug-likeness (QED) is 0.623. The van der Waals surface area contributed by atoms with Crippen LogP contribution in [0.4, 0.5) is 5.69 Å². The summed E-state index contributed by atoms with van der Waals surface area (Å²) >= 11 is 0. The highest BCUT2D eigenvalue weighted by Gasteiger charge is 2.15. The third kappa shape index (κ3) is 1.27. The number of anilines is 1. The molecule has 2 N–H and O–H groups in total. The Balaban J connectivity index is 2.36. The lowest BCUT2D eigenvalue weighted by Crippen LogP contribution is -2.07. The Morgan fingerprint density at radius 1 is 1.35 bits per heavy atom. The van der Waals surface area contributed by atoms with Crippen LogP contribution in [0.3, 0.4) is 0 Å². The first-order valence-corrected chi connectivity index (χ1v) is 5.01. The molecular weight excluding hydrogens is 220 g/mol. The van der Waals surface area contributed by atoms with Crippen molar-refractivity contribution in [1.29, 1.82) is 0 Å². The van der Waals surface area contributed by atoms with E-state index in [0.717, 1.165) is 11.1 Å². The maximum absolute atomic E-state index is 5.91. The summed E-state index contributed by atoms with van der Waals surface area (Å²) in [5.74, 6) is 0.528. The van der Waals surface area contributed by atoms with Gasteiger partial charge in [0.05, 0.1) is 11.1 Å². The van der Waals surface area contributed by atoms with Crippen molar-refractivity contribution in [3.63, 3.8) is 0 Å². The van der Waals surface area contributed by atoms with Crippen molar-refractivity contribution < 1.29 is 0 Å². The molecule has 3 rings (SSSR count). The van der Waals surface area contributed by atoms with Crippen LogP contribution in [0, 0.1) is 6.92 Å². The maximum Gasteiger partial charge on any atom is 0.270 e. The summed E-state index contributed by atoms with van der Waals surface area (Å²) in [6, 6.07) is 1.75. The van der Waals surface area contributed by atoms with Gasteiger partial charge < -0.3 is 5.73 Å². The standard InChI is InChI=1S/C9H10N8/c1-5-7-6(10)3-4-11-8(7)13-17(5)9-12-14-15-16(9)2/h3-4H,10H2,1-2H3. The highest BCUT2D eigenvalue weighted by atomic mass is 15.6. The smallest absolute Gasteiger partial charge is 0.270 e. The first-order valence-electron chi connectivity index (χ1n) is 5.01. The average Bonchev–Trinajstić information content (AvgIpc) is 2.84. The summed E-state index contributed by atoms with van der Waals surface area (Å²) in [5.41, 5.74) is 8.01. The second-order valence-electron chi connectivity index (χ2n) is 3.70. The zero-order chi connectivity index (χ0) is 12.0. The van der Waals surface area contributed by atoms with E-state index < -0.39 is 0 Å². The molecule has 0 amide bonds. The molecule has 0 aromatic carbocycles. The summed E-state index contributed by atoms with van der Waals surface area (Å²) < 4.78 is 3.17. The van der Waals surface area contributed by atoms with Crippen LogP contribution in [0.25, 0.3) is 17.0 Å². The maximum atomic E-state index is 5.91. The van der Waals surface area contributed by atoms with Crippen molar-refractivity contribution in [1.82, 2.24) is 35.0 Å². The third-order valence-electron chi connectivity index (χ3n) is 2.62. The van der Waals surface area contributed by atoms with Crippen molar-refractivity contribution in [2.75, 3.05) is 5.73 Å². The van der Waals surface area contributed by atoms with Crippen LogP contribution >= 0.6 is 0 Å². The summed E-state index contributed by atoms with van der Waals surface area (Å²) in [7, 11) is 1.75. The first-order chi connectivity index (χ1) is 8.18. The summed E-state index contributed by atoms with van der Waals surface area (Å²) in [6.07, 6.45) is 1.63. The molecule has 0 unspecified atom stereocenters. The van der Waals surface area contributed by atoms with E-state index in [1.165, 1.54) is 4.68 Å². The normalized spacial score (nSPS) is 11.2. The highest BCUT2D eigenvalue weighted by molar-refractivity contribution is 5.90. The molecule has 3 aromatic heterocycles. The van der Waals surface area contributed by atoms with Crippen LogP contribution in [0.1, 0.15) is 5.69 Å². The van der Waals surface area contributed by atoms with Crippen LogP contribution in [0.5, 0.6) is 0 Å². The summed E-state index contributed by atoms with van der Waals surface area (Å²) in [4.78, 5) is 4.17. The number of aromatic nitrogens is 7. The Bertz CT molecular complexity index is 694. The topological polar surface area (TPSA) is 100 Å². The number of hydrogen-bond donors (Lipinski definition) is 1. The minimum Gasteiger partial charge on any atom is -0.398 e. The van der Waals surface area contributed by atoms with E-state index in [2.05, 4.69) is 25.6 Å². The lowest BCUT2D eigenvalue weighted by atomic mass is 10.2. The molecule has 0 atom stereocenters.